The number of amides is 1. The highest BCUT2D eigenvalue weighted by atomic mass is 19.1. The van der Waals surface area contributed by atoms with Crippen LogP contribution in [0.25, 0.3) is 0 Å². The lowest BCUT2D eigenvalue weighted by molar-refractivity contribution is -0.116. The zero-order chi connectivity index (χ0) is 18.9. The zero-order valence-corrected chi connectivity index (χ0v) is 15.2. The first kappa shape index (κ1) is 19.0. The van der Waals surface area contributed by atoms with E-state index in [9.17, 15) is 9.18 Å². The number of nitrogens with one attached hydrogen (secondary N) is 1. The van der Waals surface area contributed by atoms with Gasteiger partial charge in [0.05, 0.1) is 13.2 Å². The van der Waals surface area contributed by atoms with Gasteiger partial charge in [-0.25, -0.2) is 9.37 Å². The summed E-state index contributed by atoms with van der Waals surface area (Å²) in [5.41, 5.74) is 3.04. The van der Waals surface area contributed by atoms with Crippen molar-refractivity contribution in [3.05, 3.63) is 83.3 Å². The SMILES string of the molecule is O=C(CCC1=CCCC=C1)Nc1cc(COCc2ccc(F)cc2)ccn1. The van der Waals surface area contributed by atoms with Crippen LogP contribution in [-0.4, -0.2) is 10.9 Å². The van der Waals surface area contributed by atoms with Crippen molar-refractivity contribution in [3.63, 3.8) is 0 Å². The van der Waals surface area contributed by atoms with Crippen LogP contribution >= 0.6 is 0 Å². The van der Waals surface area contributed by atoms with Gasteiger partial charge in [-0.1, -0.05) is 35.9 Å². The minimum Gasteiger partial charge on any atom is -0.372 e. The van der Waals surface area contributed by atoms with Gasteiger partial charge in [-0.15, -0.1) is 0 Å². The van der Waals surface area contributed by atoms with E-state index in [0.717, 1.165) is 30.4 Å². The van der Waals surface area contributed by atoms with E-state index in [4.69, 9.17) is 4.74 Å². The molecule has 1 amide bonds. The molecule has 4 nitrogen and oxygen atoms in total. The summed E-state index contributed by atoms with van der Waals surface area (Å²) in [4.78, 5) is 16.3. The summed E-state index contributed by atoms with van der Waals surface area (Å²) in [6.07, 6.45) is 11.4. The number of hydrogen-bond donors (Lipinski definition) is 1. The van der Waals surface area contributed by atoms with Crippen molar-refractivity contribution < 1.29 is 13.9 Å². The normalized spacial score (nSPS) is 13.3. The molecule has 0 radical (unpaired) electrons. The molecule has 0 spiro atoms. The van der Waals surface area contributed by atoms with Crippen LogP contribution in [0.3, 0.4) is 0 Å². The first-order valence-corrected chi connectivity index (χ1v) is 9.11. The standard InChI is InChI=1S/C22H23FN2O2/c23-20-9-6-18(7-10-20)15-27-16-19-12-13-24-21(14-19)25-22(26)11-8-17-4-2-1-3-5-17/h2,4-7,9-10,12-14H,1,3,8,11,15-16H2,(H,24,25,26). The number of anilines is 1. The number of pyridine rings is 1. The molecule has 1 aliphatic rings. The largest absolute Gasteiger partial charge is 0.372 e. The maximum Gasteiger partial charge on any atom is 0.225 e. The molecule has 0 fully saturated rings. The maximum atomic E-state index is 12.9. The number of carbonyl (C=O) groups is 1. The summed E-state index contributed by atoms with van der Waals surface area (Å²) in [5.74, 6) is 0.215. The van der Waals surface area contributed by atoms with Crippen LogP contribution in [0, 0.1) is 5.82 Å². The smallest absolute Gasteiger partial charge is 0.225 e. The molecule has 1 aromatic heterocycles. The van der Waals surface area contributed by atoms with Crippen LogP contribution in [0.5, 0.6) is 0 Å². The van der Waals surface area contributed by atoms with E-state index >= 15 is 0 Å². The van der Waals surface area contributed by atoms with Gasteiger partial charge in [-0.2, -0.15) is 0 Å². The van der Waals surface area contributed by atoms with Gasteiger partial charge in [-0.05, 0) is 54.7 Å². The molecule has 1 heterocycles. The second-order valence-corrected chi connectivity index (χ2v) is 6.48. The lowest BCUT2D eigenvalue weighted by Crippen LogP contribution is -2.12. The fourth-order valence-electron chi connectivity index (χ4n) is 2.82. The van der Waals surface area contributed by atoms with Gasteiger partial charge in [-0.3, -0.25) is 4.79 Å². The van der Waals surface area contributed by atoms with Gasteiger partial charge in [0.2, 0.25) is 5.91 Å². The highest BCUT2D eigenvalue weighted by Crippen LogP contribution is 2.16. The third kappa shape index (κ3) is 6.46. The van der Waals surface area contributed by atoms with Gasteiger partial charge in [0.15, 0.2) is 0 Å². The molecule has 0 saturated heterocycles. The average molecular weight is 366 g/mol. The minimum absolute atomic E-state index is 0.0493. The van der Waals surface area contributed by atoms with Crippen LogP contribution in [-0.2, 0) is 22.7 Å². The van der Waals surface area contributed by atoms with E-state index in [-0.39, 0.29) is 11.7 Å². The van der Waals surface area contributed by atoms with Crippen molar-refractivity contribution in [2.24, 2.45) is 0 Å². The highest BCUT2D eigenvalue weighted by Gasteiger charge is 2.06. The Morgan fingerprint density at radius 2 is 1.93 bits per heavy atom. The number of allylic oxidation sites excluding steroid dienone is 4. The molecular weight excluding hydrogens is 343 g/mol. The Morgan fingerprint density at radius 1 is 1.11 bits per heavy atom. The van der Waals surface area contributed by atoms with Crippen LogP contribution in [0.2, 0.25) is 0 Å². The third-order valence-corrected chi connectivity index (χ3v) is 4.26. The van der Waals surface area contributed by atoms with Crippen LogP contribution in [0.4, 0.5) is 10.2 Å². The first-order valence-electron chi connectivity index (χ1n) is 9.11. The Labute approximate surface area is 158 Å². The van der Waals surface area contributed by atoms with Gasteiger partial charge >= 0.3 is 0 Å². The van der Waals surface area contributed by atoms with E-state index in [0.29, 0.717) is 25.5 Å². The Morgan fingerprint density at radius 3 is 2.70 bits per heavy atom. The molecule has 0 unspecified atom stereocenters. The van der Waals surface area contributed by atoms with E-state index in [1.54, 1.807) is 18.3 Å². The van der Waals surface area contributed by atoms with Crippen molar-refractivity contribution in [3.8, 4) is 0 Å². The third-order valence-electron chi connectivity index (χ3n) is 4.26. The summed E-state index contributed by atoms with van der Waals surface area (Å²) in [6, 6.07) is 9.88. The number of hydrogen-bond acceptors (Lipinski definition) is 3. The monoisotopic (exact) mass is 366 g/mol. The van der Waals surface area contributed by atoms with Gasteiger partial charge in [0.1, 0.15) is 11.6 Å². The van der Waals surface area contributed by atoms with Crippen molar-refractivity contribution in [2.45, 2.75) is 38.9 Å². The molecule has 0 saturated carbocycles. The first-order chi connectivity index (χ1) is 13.2. The fourth-order valence-corrected chi connectivity index (χ4v) is 2.82. The average Bonchev–Trinajstić information content (AvgIpc) is 2.69. The minimum atomic E-state index is -0.260. The number of rotatable bonds is 8. The molecule has 27 heavy (non-hydrogen) atoms. The van der Waals surface area contributed by atoms with E-state index in [1.807, 2.05) is 12.1 Å². The number of halogens is 1. The molecule has 3 rings (SSSR count). The van der Waals surface area contributed by atoms with Crippen LogP contribution in [0.1, 0.15) is 36.8 Å². The second kappa shape index (κ2) is 9.78. The molecule has 0 aliphatic heterocycles. The molecule has 0 atom stereocenters. The second-order valence-electron chi connectivity index (χ2n) is 6.48. The fraction of sp³-hybridized carbons (Fsp3) is 0.273. The predicted molar refractivity (Wildman–Crippen MR) is 103 cm³/mol. The molecule has 1 aliphatic carbocycles. The summed E-state index contributed by atoms with van der Waals surface area (Å²) >= 11 is 0. The number of ether oxygens (including phenoxy) is 1. The topological polar surface area (TPSA) is 51.2 Å². The summed E-state index contributed by atoms with van der Waals surface area (Å²) in [6.45, 7) is 0.785. The predicted octanol–water partition coefficient (Wildman–Crippen LogP) is 4.93. The van der Waals surface area contributed by atoms with Gasteiger partial charge < -0.3 is 10.1 Å². The van der Waals surface area contributed by atoms with Crippen LogP contribution in [0.15, 0.2) is 66.4 Å². The van der Waals surface area contributed by atoms with Crippen molar-refractivity contribution in [1.82, 2.24) is 4.98 Å². The van der Waals surface area contributed by atoms with Crippen molar-refractivity contribution in [1.29, 1.82) is 0 Å². The maximum absolute atomic E-state index is 12.9. The summed E-state index contributed by atoms with van der Waals surface area (Å²) in [5, 5.41) is 2.84. The van der Waals surface area contributed by atoms with Crippen LogP contribution < -0.4 is 5.32 Å². The molecular formula is C22H23FN2O2. The number of benzene rings is 1. The van der Waals surface area contributed by atoms with Crippen molar-refractivity contribution >= 4 is 11.7 Å². The molecule has 5 heteroatoms. The van der Waals surface area contributed by atoms with E-state index in [1.165, 1.54) is 17.7 Å². The van der Waals surface area contributed by atoms with Gasteiger partial charge in [0.25, 0.3) is 0 Å². The molecule has 0 bridgehead atoms. The lowest BCUT2D eigenvalue weighted by atomic mass is 10.0. The van der Waals surface area contributed by atoms with E-state index < -0.39 is 0 Å². The molecule has 1 N–H and O–H groups in total. The zero-order valence-electron chi connectivity index (χ0n) is 15.2. The highest BCUT2D eigenvalue weighted by molar-refractivity contribution is 5.89. The Balaban J connectivity index is 1.45. The Bertz CT molecular complexity index is 828. The molecule has 1 aromatic carbocycles. The number of carbonyl (C=O) groups excluding carboxylic acids is 1. The Hall–Kier alpha value is -2.79. The van der Waals surface area contributed by atoms with E-state index in [2.05, 4.69) is 28.5 Å². The Kier molecular flexibility index (Phi) is 6.88. The summed E-state index contributed by atoms with van der Waals surface area (Å²) in [7, 11) is 0. The van der Waals surface area contributed by atoms with Crippen molar-refractivity contribution in [2.75, 3.05) is 5.32 Å². The number of nitrogens with zero attached hydrogens (tertiary/aromatic N) is 1. The molecule has 140 valence electrons. The summed E-state index contributed by atoms with van der Waals surface area (Å²) < 4.78 is 18.5. The van der Waals surface area contributed by atoms with Gasteiger partial charge in [0, 0.05) is 12.6 Å². The molecule has 2 aromatic rings. The lowest BCUT2D eigenvalue weighted by Gasteiger charge is -2.09. The number of aromatic nitrogens is 1. The quantitative estimate of drug-likeness (QED) is 0.720.